The van der Waals surface area contributed by atoms with Crippen molar-refractivity contribution in [1.82, 2.24) is 0 Å². The van der Waals surface area contributed by atoms with Gasteiger partial charge in [0.05, 0.1) is 0 Å². The van der Waals surface area contributed by atoms with Crippen molar-refractivity contribution < 1.29 is 22.1 Å². The second kappa shape index (κ2) is 13.4. The van der Waals surface area contributed by atoms with Crippen molar-refractivity contribution in [3.63, 3.8) is 0 Å². The molecule has 20 heavy (non-hydrogen) atoms. The van der Waals surface area contributed by atoms with Gasteiger partial charge in [0, 0.05) is 25.2 Å². The van der Waals surface area contributed by atoms with Gasteiger partial charge in [-0.3, -0.25) is 0 Å². The quantitative estimate of drug-likeness (QED) is 0.471. The molecule has 0 amide bonds. The zero-order valence-electron chi connectivity index (χ0n) is 12.9. The minimum atomic E-state index is 0. The lowest BCUT2D eigenvalue weighted by atomic mass is 10.1. The maximum Gasteiger partial charge on any atom is 0.169 e. The van der Waals surface area contributed by atoms with Crippen molar-refractivity contribution in [1.29, 1.82) is 0 Å². The van der Waals surface area contributed by atoms with Crippen molar-refractivity contribution in [2.45, 2.75) is 71.3 Å². The van der Waals surface area contributed by atoms with Crippen LogP contribution in [0.3, 0.4) is 0 Å². The first kappa shape index (κ1) is 19.4. The molecule has 0 fully saturated rings. The molecule has 0 unspecified atom stereocenters. The summed E-state index contributed by atoms with van der Waals surface area (Å²) in [5.74, 6) is 0. The molecule has 0 aliphatic rings. The van der Waals surface area contributed by atoms with E-state index < -0.39 is 0 Å². The van der Waals surface area contributed by atoms with E-state index in [2.05, 4.69) is 36.0 Å². The van der Waals surface area contributed by atoms with Gasteiger partial charge < -0.3 is 17.5 Å². The maximum atomic E-state index is 8.71. The summed E-state index contributed by atoms with van der Waals surface area (Å²) in [6.45, 7) is 3.69. The Labute approximate surface area is 130 Å². The summed E-state index contributed by atoms with van der Waals surface area (Å²) >= 11 is 0. The van der Waals surface area contributed by atoms with Crippen molar-refractivity contribution in [3.05, 3.63) is 30.1 Å². The molecule has 0 atom stereocenters. The molecule has 1 heterocycles. The zero-order chi connectivity index (χ0) is 13.8. The largest absolute Gasteiger partial charge is 1.00 e. The molecular formula is C17H30ClNO. The fourth-order valence-corrected chi connectivity index (χ4v) is 2.32. The molecule has 0 radical (unpaired) electrons. The van der Waals surface area contributed by atoms with Crippen LogP contribution in [-0.4, -0.2) is 11.7 Å². The van der Waals surface area contributed by atoms with Gasteiger partial charge in [0.15, 0.2) is 12.4 Å². The first-order valence-electron chi connectivity index (χ1n) is 7.95. The van der Waals surface area contributed by atoms with E-state index in [1.807, 2.05) is 0 Å². The highest BCUT2D eigenvalue weighted by Crippen LogP contribution is 2.06. The van der Waals surface area contributed by atoms with Crippen LogP contribution in [0.25, 0.3) is 0 Å². The molecule has 0 saturated carbocycles. The fourth-order valence-electron chi connectivity index (χ4n) is 2.32. The molecule has 0 aliphatic carbocycles. The van der Waals surface area contributed by atoms with Crippen LogP contribution in [0.15, 0.2) is 24.5 Å². The van der Waals surface area contributed by atoms with E-state index in [0.29, 0.717) is 6.61 Å². The lowest BCUT2D eigenvalue weighted by molar-refractivity contribution is -0.697. The van der Waals surface area contributed by atoms with Crippen molar-refractivity contribution in [2.24, 2.45) is 0 Å². The lowest BCUT2D eigenvalue weighted by Crippen LogP contribution is -3.00. The van der Waals surface area contributed by atoms with Crippen LogP contribution in [0.1, 0.15) is 63.9 Å². The minimum absolute atomic E-state index is 0. The normalized spacial score (nSPS) is 10.3. The predicted octanol–water partition coefficient (Wildman–Crippen LogP) is 0.654. The molecule has 0 bridgehead atoms. The van der Waals surface area contributed by atoms with Crippen LogP contribution < -0.4 is 17.0 Å². The molecule has 0 spiro atoms. The van der Waals surface area contributed by atoms with E-state index in [4.69, 9.17) is 5.11 Å². The van der Waals surface area contributed by atoms with Crippen molar-refractivity contribution >= 4 is 0 Å². The molecule has 1 N–H and O–H groups in total. The number of halogens is 1. The van der Waals surface area contributed by atoms with Gasteiger partial charge in [-0.25, -0.2) is 4.57 Å². The van der Waals surface area contributed by atoms with Crippen LogP contribution in [0.4, 0.5) is 0 Å². The van der Waals surface area contributed by atoms with Gasteiger partial charge in [0.1, 0.15) is 6.54 Å². The van der Waals surface area contributed by atoms with Crippen LogP contribution in [-0.2, 0) is 13.0 Å². The third-order valence-electron chi connectivity index (χ3n) is 3.60. The van der Waals surface area contributed by atoms with Gasteiger partial charge in [0.25, 0.3) is 0 Å². The van der Waals surface area contributed by atoms with E-state index in [1.54, 1.807) is 0 Å². The average molecular weight is 300 g/mol. The van der Waals surface area contributed by atoms with Crippen LogP contribution in [0, 0.1) is 0 Å². The number of unbranched alkanes of at least 4 members (excludes halogenated alkanes) is 6. The minimum Gasteiger partial charge on any atom is -1.00 e. The van der Waals surface area contributed by atoms with Crippen molar-refractivity contribution in [3.8, 4) is 0 Å². The molecule has 1 rings (SSSR count). The molecule has 116 valence electrons. The van der Waals surface area contributed by atoms with Crippen LogP contribution in [0.5, 0.6) is 0 Å². The van der Waals surface area contributed by atoms with Crippen LogP contribution >= 0.6 is 0 Å². The maximum absolute atomic E-state index is 8.71. The monoisotopic (exact) mass is 299 g/mol. The summed E-state index contributed by atoms with van der Waals surface area (Å²) in [5, 5.41) is 8.71. The Morgan fingerprint density at radius 3 is 2.20 bits per heavy atom. The molecular weight excluding hydrogens is 270 g/mol. The summed E-state index contributed by atoms with van der Waals surface area (Å²) in [6.07, 6.45) is 15.5. The number of aromatic nitrogens is 1. The highest BCUT2D eigenvalue weighted by Gasteiger charge is 2.01. The van der Waals surface area contributed by atoms with E-state index in [1.165, 1.54) is 50.5 Å². The van der Waals surface area contributed by atoms with E-state index in [-0.39, 0.29) is 12.4 Å². The van der Waals surface area contributed by atoms with Gasteiger partial charge in [-0.2, -0.15) is 0 Å². The molecule has 0 saturated heterocycles. The Morgan fingerprint density at radius 1 is 0.900 bits per heavy atom. The number of aliphatic hydroxyl groups is 1. The van der Waals surface area contributed by atoms with E-state index >= 15 is 0 Å². The third kappa shape index (κ3) is 9.33. The number of pyridine rings is 1. The molecule has 0 aromatic carbocycles. The molecule has 1 aromatic rings. The topological polar surface area (TPSA) is 24.1 Å². The van der Waals surface area contributed by atoms with E-state index in [0.717, 1.165) is 19.4 Å². The average Bonchev–Trinajstić information content (AvgIpc) is 2.45. The predicted molar refractivity (Wildman–Crippen MR) is 80.0 cm³/mol. The van der Waals surface area contributed by atoms with Crippen molar-refractivity contribution in [2.75, 3.05) is 6.61 Å². The second-order valence-electron chi connectivity index (χ2n) is 5.39. The van der Waals surface area contributed by atoms with Gasteiger partial charge >= 0.3 is 0 Å². The lowest BCUT2D eigenvalue weighted by Gasteiger charge is -2.01. The van der Waals surface area contributed by atoms with E-state index in [9.17, 15) is 0 Å². The second-order valence-corrected chi connectivity index (χ2v) is 5.39. The Kier molecular flexibility index (Phi) is 13.0. The highest BCUT2D eigenvalue weighted by atomic mass is 35.5. The van der Waals surface area contributed by atoms with Crippen LogP contribution in [0.2, 0.25) is 0 Å². The number of hydrogen-bond donors (Lipinski definition) is 1. The molecule has 3 heteroatoms. The Morgan fingerprint density at radius 2 is 1.55 bits per heavy atom. The number of nitrogens with zero attached hydrogens (tertiary/aromatic N) is 1. The van der Waals surface area contributed by atoms with Gasteiger partial charge in [-0.15, -0.1) is 0 Å². The number of rotatable bonds is 11. The van der Waals surface area contributed by atoms with Gasteiger partial charge in [-0.05, 0) is 31.2 Å². The Hall–Kier alpha value is -0.600. The molecule has 1 aromatic heterocycles. The number of aryl methyl sites for hydroxylation is 2. The van der Waals surface area contributed by atoms with Gasteiger partial charge in [0.2, 0.25) is 0 Å². The first-order chi connectivity index (χ1) is 9.36. The van der Waals surface area contributed by atoms with Gasteiger partial charge in [-0.1, -0.05) is 32.6 Å². The number of aliphatic hydroxyl groups excluding tert-OH is 1. The summed E-state index contributed by atoms with van der Waals surface area (Å²) in [6, 6.07) is 4.53. The number of hydrogen-bond acceptors (Lipinski definition) is 1. The molecule has 0 aliphatic heterocycles. The summed E-state index contributed by atoms with van der Waals surface area (Å²) in [5.41, 5.74) is 1.47. The summed E-state index contributed by atoms with van der Waals surface area (Å²) < 4.78 is 2.27. The third-order valence-corrected chi connectivity index (χ3v) is 3.60. The Balaban J connectivity index is 0.00000361. The summed E-state index contributed by atoms with van der Waals surface area (Å²) in [7, 11) is 0. The smallest absolute Gasteiger partial charge is 0.169 e. The fraction of sp³-hybridized carbons (Fsp3) is 0.706. The summed E-state index contributed by atoms with van der Waals surface area (Å²) in [4.78, 5) is 0. The molecule has 2 nitrogen and oxygen atoms in total. The SMILES string of the molecule is CCCCCCc1cc[n+](CCCCCCO)cc1.[Cl-]. The zero-order valence-corrected chi connectivity index (χ0v) is 13.6. The Bertz CT molecular complexity index is 313. The first-order valence-corrected chi connectivity index (χ1v) is 7.95. The highest BCUT2D eigenvalue weighted by molar-refractivity contribution is 5.07. The standard InChI is InChI=1S/C17H30NO.ClH/c1-2-3-4-7-10-17-11-14-18(15-12-17)13-8-5-6-9-16-19;/h11-12,14-15,19H,2-10,13,16H2,1H3;1H/q+1;/p-1.